The minimum absolute atomic E-state index is 0.235. The summed E-state index contributed by atoms with van der Waals surface area (Å²) >= 11 is 0. The minimum Gasteiger partial charge on any atom is -0.406 e. The molecular weight excluding hydrogens is 367 g/mol. The summed E-state index contributed by atoms with van der Waals surface area (Å²) in [4.78, 5) is 2.50. The van der Waals surface area contributed by atoms with Gasteiger partial charge in [0.1, 0.15) is 5.75 Å². The van der Waals surface area contributed by atoms with Crippen LogP contribution in [0.4, 0.5) is 13.2 Å². The molecule has 150 valence electrons. The first-order chi connectivity index (χ1) is 13.3. The Morgan fingerprint density at radius 1 is 0.929 bits per heavy atom. The van der Waals surface area contributed by atoms with Crippen molar-refractivity contribution < 1.29 is 23.0 Å². The van der Waals surface area contributed by atoms with Crippen LogP contribution in [0.2, 0.25) is 0 Å². The third-order valence-electron chi connectivity index (χ3n) is 5.90. The molecule has 3 nitrogen and oxygen atoms in total. The van der Waals surface area contributed by atoms with Gasteiger partial charge in [-0.2, -0.15) is 0 Å². The third-order valence-corrected chi connectivity index (χ3v) is 5.90. The van der Waals surface area contributed by atoms with Crippen LogP contribution in [0.5, 0.6) is 5.75 Å². The van der Waals surface area contributed by atoms with E-state index in [-0.39, 0.29) is 5.75 Å². The van der Waals surface area contributed by atoms with Gasteiger partial charge in [0.15, 0.2) is 0 Å². The second-order valence-electron chi connectivity index (χ2n) is 8.04. The van der Waals surface area contributed by atoms with Crippen LogP contribution in [0.15, 0.2) is 54.6 Å². The van der Waals surface area contributed by atoms with Crippen LogP contribution in [-0.4, -0.2) is 34.1 Å². The van der Waals surface area contributed by atoms with Gasteiger partial charge in [0, 0.05) is 25.0 Å². The molecule has 2 unspecified atom stereocenters. The Labute approximate surface area is 162 Å². The predicted molar refractivity (Wildman–Crippen MR) is 99.8 cm³/mol. The average molecular weight is 391 g/mol. The molecule has 6 heteroatoms. The van der Waals surface area contributed by atoms with Crippen molar-refractivity contribution in [2.45, 2.75) is 62.7 Å². The zero-order valence-corrected chi connectivity index (χ0v) is 15.5. The number of halogens is 3. The van der Waals surface area contributed by atoms with Gasteiger partial charge in [-0.3, -0.25) is 4.90 Å². The molecule has 2 heterocycles. The molecule has 0 amide bonds. The van der Waals surface area contributed by atoms with Gasteiger partial charge in [-0.25, -0.2) is 0 Å². The fourth-order valence-corrected chi connectivity index (χ4v) is 4.80. The Bertz CT molecular complexity index is 778. The van der Waals surface area contributed by atoms with E-state index in [1.165, 1.54) is 17.7 Å². The van der Waals surface area contributed by atoms with E-state index >= 15 is 0 Å². The smallest absolute Gasteiger partial charge is 0.406 e. The van der Waals surface area contributed by atoms with Gasteiger partial charge in [-0.15, -0.1) is 13.2 Å². The number of aliphatic hydroxyl groups is 1. The van der Waals surface area contributed by atoms with E-state index in [2.05, 4.69) is 21.8 Å². The lowest BCUT2D eigenvalue weighted by atomic mass is 9.81. The summed E-state index contributed by atoms with van der Waals surface area (Å²) in [6.07, 6.45) is -0.694. The van der Waals surface area contributed by atoms with Crippen molar-refractivity contribution in [1.82, 2.24) is 4.90 Å². The molecule has 2 aliphatic heterocycles. The standard InChI is InChI=1S/C22H24F3NO2/c23-22(24,25)28-20-10-6-16(7-11-20)12-21(27)13-18-8-9-19(14-21)26(18)15-17-4-2-1-3-5-17/h1-7,10-11,18-19,27H,8-9,12-15H2. The highest BCUT2D eigenvalue weighted by atomic mass is 19.4. The van der Waals surface area contributed by atoms with Crippen molar-refractivity contribution in [1.29, 1.82) is 0 Å². The quantitative estimate of drug-likeness (QED) is 0.803. The summed E-state index contributed by atoms with van der Waals surface area (Å²) in [5.74, 6) is -0.235. The number of piperidine rings is 1. The van der Waals surface area contributed by atoms with Crippen LogP contribution in [0.25, 0.3) is 0 Å². The normalized spacial score (nSPS) is 27.7. The molecule has 2 fully saturated rings. The van der Waals surface area contributed by atoms with Crippen molar-refractivity contribution in [2.75, 3.05) is 0 Å². The van der Waals surface area contributed by atoms with E-state index in [4.69, 9.17) is 0 Å². The third kappa shape index (κ3) is 4.50. The predicted octanol–water partition coefficient (Wildman–Crippen LogP) is 4.69. The molecule has 1 N–H and O–H groups in total. The van der Waals surface area contributed by atoms with Crippen molar-refractivity contribution in [3.63, 3.8) is 0 Å². The largest absolute Gasteiger partial charge is 0.573 e. The fraction of sp³-hybridized carbons (Fsp3) is 0.455. The first-order valence-corrected chi connectivity index (χ1v) is 9.66. The van der Waals surface area contributed by atoms with Crippen LogP contribution in [-0.2, 0) is 13.0 Å². The lowest BCUT2D eigenvalue weighted by Gasteiger charge is -2.44. The van der Waals surface area contributed by atoms with E-state index in [0.29, 0.717) is 31.3 Å². The van der Waals surface area contributed by atoms with Crippen LogP contribution >= 0.6 is 0 Å². The van der Waals surface area contributed by atoms with Crippen LogP contribution < -0.4 is 4.74 Å². The highest BCUT2D eigenvalue weighted by molar-refractivity contribution is 5.29. The molecule has 0 aliphatic carbocycles. The first kappa shape index (κ1) is 19.3. The number of ether oxygens (including phenoxy) is 1. The molecule has 2 saturated heterocycles. The second-order valence-corrected chi connectivity index (χ2v) is 8.04. The van der Waals surface area contributed by atoms with Crippen molar-refractivity contribution in [3.05, 3.63) is 65.7 Å². The maximum absolute atomic E-state index is 12.3. The van der Waals surface area contributed by atoms with Crippen molar-refractivity contribution >= 4 is 0 Å². The van der Waals surface area contributed by atoms with Gasteiger partial charge >= 0.3 is 6.36 Å². The number of rotatable bonds is 5. The van der Waals surface area contributed by atoms with E-state index in [0.717, 1.165) is 24.9 Å². The van der Waals surface area contributed by atoms with Gasteiger partial charge in [0.2, 0.25) is 0 Å². The number of hydrogen-bond donors (Lipinski definition) is 1. The summed E-state index contributed by atoms with van der Waals surface area (Å²) in [5, 5.41) is 11.2. The summed E-state index contributed by atoms with van der Waals surface area (Å²) < 4.78 is 40.8. The zero-order valence-electron chi connectivity index (χ0n) is 15.5. The molecular formula is C22H24F3NO2. The van der Waals surface area contributed by atoms with E-state index in [1.807, 2.05) is 18.2 Å². The lowest BCUT2D eigenvalue weighted by Crippen LogP contribution is -2.51. The van der Waals surface area contributed by atoms with E-state index in [1.54, 1.807) is 12.1 Å². The molecule has 2 bridgehead atoms. The molecule has 2 aromatic rings. The topological polar surface area (TPSA) is 32.7 Å². The lowest BCUT2D eigenvalue weighted by molar-refractivity contribution is -0.274. The maximum atomic E-state index is 12.3. The van der Waals surface area contributed by atoms with Crippen LogP contribution in [0.3, 0.4) is 0 Å². The molecule has 0 saturated carbocycles. The average Bonchev–Trinajstić information content (AvgIpc) is 2.87. The Kier molecular flexibility index (Phi) is 5.10. The number of fused-ring (bicyclic) bond motifs is 2. The van der Waals surface area contributed by atoms with Crippen LogP contribution in [0, 0.1) is 0 Å². The first-order valence-electron chi connectivity index (χ1n) is 9.66. The molecule has 2 aromatic carbocycles. The van der Waals surface area contributed by atoms with Gasteiger partial charge in [0.05, 0.1) is 5.60 Å². The zero-order chi connectivity index (χ0) is 19.8. The SMILES string of the molecule is OC1(Cc2ccc(OC(F)(F)F)cc2)CC2CCC(C1)N2Cc1ccccc1. The number of alkyl halides is 3. The Morgan fingerprint density at radius 2 is 1.54 bits per heavy atom. The summed E-state index contributed by atoms with van der Waals surface area (Å²) in [6.45, 7) is 0.899. The summed E-state index contributed by atoms with van der Waals surface area (Å²) in [6, 6.07) is 16.9. The molecule has 0 radical (unpaired) electrons. The highest BCUT2D eigenvalue weighted by Crippen LogP contribution is 2.43. The molecule has 28 heavy (non-hydrogen) atoms. The van der Waals surface area contributed by atoms with Gasteiger partial charge in [0.25, 0.3) is 0 Å². The van der Waals surface area contributed by atoms with E-state index in [9.17, 15) is 18.3 Å². The van der Waals surface area contributed by atoms with Gasteiger partial charge in [-0.1, -0.05) is 42.5 Å². The molecule has 0 aromatic heterocycles. The van der Waals surface area contributed by atoms with E-state index < -0.39 is 12.0 Å². The minimum atomic E-state index is -4.69. The monoisotopic (exact) mass is 391 g/mol. The van der Waals surface area contributed by atoms with Crippen molar-refractivity contribution in [2.24, 2.45) is 0 Å². The van der Waals surface area contributed by atoms with Crippen molar-refractivity contribution in [3.8, 4) is 5.75 Å². The summed E-state index contributed by atoms with van der Waals surface area (Å²) in [5.41, 5.74) is 1.30. The van der Waals surface area contributed by atoms with Crippen LogP contribution in [0.1, 0.15) is 36.8 Å². The maximum Gasteiger partial charge on any atom is 0.573 e. The number of nitrogens with zero attached hydrogens (tertiary/aromatic N) is 1. The molecule has 4 rings (SSSR count). The Hall–Kier alpha value is -2.05. The molecule has 0 spiro atoms. The number of hydrogen-bond acceptors (Lipinski definition) is 3. The highest BCUT2D eigenvalue weighted by Gasteiger charge is 2.47. The fourth-order valence-electron chi connectivity index (χ4n) is 4.80. The Balaban J connectivity index is 1.40. The summed E-state index contributed by atoms with van der Waals surface area (Å²) in [7, 11) is 0. The van der Waals surface area contributed by atoms with Gasteiger partial charge < -0.3 is 9.84 Å². The second kappa shape index (κ2) is 7.41. The molecule has 2 aliphatic rings. The Morgan fingerprint density at radius 3 is 2.11 bits per heavy atom. The van der Waals surface area contributed by atoms with Gasteiger partial charge in [-0.05, 0) is 48.9 Å². The molecule has 2 atom stereocenters. The number of benzene rings is 2.